The van der Waals surface area contributed by atoms with E-state index in [4.69, 9.17) is 15.6 Å². The van der Waals surface area contributed by atoms with Gasteiger partial charge in [0.2, 0.25) is 0 Å². The van der Waals surface area contributed by atoms with Crippen molar-refractivity contribution in [1.29, 1.82) is 0 Å². The summed E-state index contributed by atoms with van der Waals surface area (Å²) in [6, 6.07) is -0.833. The Morgan fingerprint density at radius 3 is 1.62 bits per heavy atom. The number of aliphatic hydroxyl groups is 1. The fraction of sp³-hybridized carbons (Fsp3) is 0.667. The molecule has 0 aromatic rings. The maximum Gasteiger partial charge on any atom is 0.309 e. The second-order valence-corrected chi connectivity index (χ2v) is 0.915. The first-order valence-corrected chi connectivity index (χ1v) is 2.01. The second kappa shape index (κ2) is 9.50. The van der Waals surface area contributed by atoms with Gasteiger partial charge in [-0.25, -0.2) is 4.79 Å². The number of urea groups is 1. The number of hydrogen-bond donors (Lipinski definition) is 4. The summed E-state index contributed by atoms with van der Waals surface area (Å²) in [4.78, 5) is 9.00. The molecule has 2 amide bonds. The molecule has 0 bridgehead atoms. The Labute approximate surface area is 47.5 Å². The van der Waals surface area contributed by atoms with E-state index in [-0.39, 0.29) is 6.61 Å². The van der Waals surface area contributed by atoms with Gasteiger partial charge in [0.25, 0.3) is 0 Å². The molecule has 0 saturated heterocycles. The van der Waals surface area contributed by atoms with Crippen LogP contribution >= 0.6 is 0 Å². The average molecular weight is 121 g/mol. The van der Waals surface area contributed by atoms with Crippen molar-refractivity contribution in [2.75, 3.05) is 13.2 Å². The number of carbonyl (C=O) groups excluding carboxylic acids is 1. The van der Waals surface area contributed by atoms with E-state index < -0.39 is 6.03 Å². The molecule has 0 aromatic carbocycles. The van der Waals surface area contributed by atoms with Crippen LogP contribution in [0.3, 0.4) is 0 Å². The van der Waals surface area contributed by atoms with E-state index in [1.54, 1.807) is 0 Å². The zero-order chi connectivity index (χ0) is 6.99. The zero-order valence-electron chi connectivity index (χ0n) is 4.50. The predicted octanol–water partition coefficient (Wildman–Crippen LogP) is -2.04. The highest BCUT2D eigenvalue weighted by Crippen LogP contribution is 1.33. The van der Waals surface area contributed by atoms with Crippen molar-refractivity contribution >= 4 is 6.03 Å². The van der Waals surface area contributed by atoms with E-state index in [2.05, 4.69) is 11.5 Å². The van der Waals surface area contributed by atoms with E-state index >= 15 is 0 Å². The minimum atomic E-state index is -0.833. The van der Waals surface area contributed by atoms with Crippen LogP contribution in [0.25, 0.3) is 0 Å². The highest BCUT2D eigenvalue weighted by Gasteiger charge is 1.60. The van der Waals surface area contributed by atoms with Gasteiger partial charge < -0.3 is 22.3 Å². The van der Waals surface area contributed by atoms with Crippen LogP contribution in [0.2, 0.25) is 0 Å². The molecule has 0 aliphatic heterocycles. The van der Waals surface area contributed by atoms with Gasteiger partial charge in [-0.05, 0) is 0 Å². The molecule has 0 atom stereocenters. The van der Waals surface area contributed by atoms with Crippen molar-refractivity contribution in [1.82, 2.24) is 0 Å². The molecule has 7 N–H and O–H groups in total. The molecule has 0 fully saturated rings. The fourth-order valence-electron chi connectivity index (χ4n) is 0. The van der Waals surface area contributed by atoms with Gasteiger partial charge in [0.15, 0.2) is 0 Å². The fourth-order valence-corrected chi connectivity index (χ4v) is 0. The third kappa shape index (κ3) is 2520. The third-order valence-corrected chi connectivity index (χ3v) is 0.129. The first kappa shape index (κ1) is 10.2. The largest absolute Gasteiger partial charge is 0.395 e. The lowest BCUT2D eigenvalue weighted by molar-refractivity contribution is 0.256. The number of aliphatic hydroxyl groups excluding tert-OH is 1. The van der Waals surface area contributed by atoms with E-state index in [0.29, 0.717) is 6.54 Å². The predicted molar refractivity (Wildman–Crippen MR) is 29.9 cm³/mol. The molecule has 8 heavy (non-hydrogen) atoms. The van der Waals surface area contributed by atoms with Crippen LogP contribution in [0.15, 0.2) is 0 Å². The van der Waals surface area contributed by atoms with Crippen molar-refractivity contribution in [2.24, 2.45) is 17.2 Å². The highest BCUT2D eigenvalue weighted by atomic mass is 16.3. The van der Waals surface area contributed by atoms with Gasteiger partial charge in [0.05, 0.1) is 6.61 Å². The molecule has 5 heteroatoms. The average Bonchev–Trinajstić information content (AvgIpc) is 1.65. The summed E-state index contributed by atoms with van der Waals surface area (Å²) in [6.45, 7) is 0.472. The van der Waals surface area contributed by atoms with Crippen molar-refractivity contribution in [2.45, 2.75) is 0 Å². The molecular weight excluding hydrogens is 110 g/mol. The van der Waals surface area contributed by atoms with Crippen LogP contribution in [0, 0.1) is 0 Å². The van der Waals surface area contributed by atoms with Gasteiger partial charge in [-0.3, -0.25) is 0 Å². The second-order valence-electron chi connectivity index (χ2n) is 0.915. The zero-order valence-corrected chi connectivity index (χ0v) is 4.50. The number of rotatable bonds is 1. The third-order valence-electron chi connectivity index (χ3n) is 0.129. The summed E-state index contributed by atoms with van der Waals surface area (Å²) in [5.41, 5.74) is 13.3. The van der Waals surface area contributed by atoms with Crippen LogP contribution in [0.5, 0.6) is 0 Å². The van der Waals surface area contributed by atoms with Crippen molar-refractivity contribution in [3.8, 4) is 0 Å². The topological polar surface area (TPSA) is 115 Å². The molecule has 0 saturated carbocycles. The van der Waals surface area contributed by atoms with Crippen LogP contribution < -0.4 is 17.2 Å². The number of carbonyl (C=O) groups is 1. The van der Waals surface area contributed by atoms with Crippen LogP contribution in [0.4, 0.5) is 4.79 Å². The normalized spacial score (nSPS) is 6.75. The SMILES string of the molecule is NC(N)=O.NCCO. The molecule has 0 unspecified atom stereocenters. The highest BCUT2D eigenvalue weighted by molar-refractivity contribution is 5.69. The first-order valence-electron chi connectivity index (χ1n) is 2.01. The molecule has 50 valence electrons. The summed E-state index contributed by atoms with van der Waals surface area (Å²) >= 11 is 0. The Morgan fingerprint density at radius 2 is 1.62 bits per heavy atom. The molecule has 0 aromatic heterocycles. The van der Waals surface area contributed by atoms with Crippen LogP contribution in [-0.4, -0.2) is 24.3 Å². The van der Waals surface area contributed by atoms with Gasteiger partial charge in [0, 0.05) is 6.54 Å². The van der Waals surface area contributed by atoms with Gasteiger partial charge >= 0.3 is 6.03 Å². The number of hydrogen-bond acceptors (Lipinski definition) is 3. The minimum absolute atomic E-state index is 0.0972. The van der Waals surface area contributed by atoms with Crippen LogP contribution in [-0.2, 0) is 0 Å². The van der Waals surface area contributed by atoms with Gasteiger partial charge in [-0.1, -0.05) is 0 Å². The molecule has 0 radical (unpaired) electrons. The molecule has 0 aliphatic carbocycles. The summed E-state index contributed by atoms with van der Waals surface area (Å²) in [5.74, 6) is 0. The van der Waals surface area contributed by atoms with Crippen molar-refractivity contribution in [3.05, 3.63) is 0 Å². The lowest BCUT2D eigenvalue weighted by Crippen LogP contribution is -2.18. The molecule has 5 nitrogen and oxygen atoms in total. The van der Waals surface area contributed by atoms with Gasteiger partial charge in [0.1, 0.15) is 0 Å². The number of amides is 2. The molecule has 0 rings (SSSR count). The van der Waals surface area contributed by atoms with E-state index in [1.807, 2.05) is 0 Å². The van der Waals surface area contributed by atoms with E-state index in [0.717, 1.165) is 0 Å². The van der Waals surface area contributed by atoms with E-state index in [1.165, 1.54) is 0 Å². The van der Waals surface area contributed by atoms with Crippen molar-refractivity contribution in [3.63, 3.8) is 0 Å². The molecule has 0 spiro atoms. The monoisotopic (exact) mass is 121 g/mol. The van der Waals surface area contributed by atoms with Crippen LogP contribution in [0.1, 0.15) is 0 Å². The van der Waals surface area contributed by atoms with Crippen molar-refractivity contribution < 1.29 is 9.90 Å². The Balaban J connectivity index is 0. The maximum absolute atomic E-state index is 9.00. The quantitative estimate of drug-likeness (QED) is 0.320. The Bertz CT molecular complexity index is 50.5. The Hall–Kier alpha value is -0.810. The summed E-state index contributed by atoms with van der Waals surface area (Å²) < 4.78 is 0. The molecule has 0 aliphatic rings. The summed E-state index contributed by atoms with van der Waals surface area (Å²) in [7, 11) is 0. The summed E-state index contributed by atoms with van der Waals surface area (Å²) in [5, 5.41) is 7.75. The molecular formula is C3H11N3O2. The number of nitrogens with two attached hydrogens (primary N) is 3. The van der Waals surface area contributed by atoms with E-state index in [9.17, 15) is 0 Å². The lowest BCUT2D eigenvalue weighted by Gasteiger charge is -1.71. The Kier molecular flexibility index (Phi) is 12.1. The number of primary amides is 2. The molecule has 0 heterocycles. The minimum Gasteiger partial charge on any atom is -0.395 e. The standard InChI is InChI=1S/C2H7NO.CH4N2O/c3-1-2-4;2-1(3)4/h4H,1-3H2;(H4,2,3,4). The smallest absolute Gasteiger partial charge is 0.309 e. The Morgan fingerprint density at radius 1 is 1.50 bits per heavy atom. The first-order chi connectivity index (χ1) is 3.65. The lowest BCUT2D eigenvalue weighted by atomic mass is 10.8. The maximum atomic E-state index is 9.00. The van der Waals surface area contributed by atoms with Gasteiger partial charge in [-0.2, -0.15) is 0 Å². The van der Waals surface area contributed by atoms with Gasteiger partial charge in [-0.15, -0.1) is 0 Å². The summed E-state index contributed by atoms with van der Waals surface area (Å²) in [6.07, 6.45) is 0.